The summed E-state index contributed by atoms with van der Waals surface area (Å²) in [4.78, 5) is 4.25. The van der Waals surface area contributed by atoms with E-state index in [-0.39, 0.29) is 0 Å². The molecule has 0 aliphatic carbocycles. The summed E-state index contributed by atoms with van der Waals surface area (Å²) in [5.41, 5.74) is 3.60. The van der Waals surface area contributed by atoms with Crippen molar-refractivity contribution in [2.45, 2.75) is 6.54 Å². The van der Waals surface area contributed by atoms with Crippen LogP contribution < -0.4 is 16.6 Å². The maximum atomic E-state index is 5.90. The highest BCUT2D eigenvalue weighted by Crippen LogP contribution is 2.13. The highest BCUT2D eigenvalue weighted by Gasteiger charge is 1.97. The summed E-state index contributed by atoms with van der Waals surface area (Å²) in [6.07, 6.45) is 0. The Kier molecular flexibility index (Phi) is 3.80. The van der Waals surface area contributed by atoms with Gasteiger partial charge in [-0.25, -0.2) is 10.8 Å². The molecule has 1 heterocycles. The Bertz CT molecular complexity index is 501. The average molecular weight is 249 g/mol. The number of nitrogens with one attached hydrogen (secondary N) is 2. The maximum absolute atomic E-state index is 5.90. The van der Waals surface area contributed by atoms with Crippen LogP contribution in [-0.2, 0) is 6.54 Å². The molecule has 0 aliphatic heterocycles. The van der Waals surface area contributed by atoms with Crippen LogP contribution >= 0.6 is 11.6 Å². The zero-order valence-corrected chi connectivity index (χ0v) is 9.91. The Labute approximate surface area is 105 Å². The van der Waals surface area contributed by atoms with Gasteiger partial charge in [0.2, 0.25) is 0 Å². The van der Waals surface area contributed by atoms with E-state index in [1.165, 1.54) is 0 Å². The summed E-state index contributed by atoms with van der Waals surface area (Å²) >= 11 is 5.90. The summed E-state index contributed by atoms with van der Waals surface area (Å²) in [6, 6.07) is 13.2. The van der Waals surface area contributed by atoms with Gasteiger partial charge < -0.3 is 10.7 Å². The van der Waals surface area contributed by atoms with E-state index in [4.69, 9.17) is 17.4 Å². The largest absolute Gasteiger partial charge is 0.366 e. The molecular weight excluding hydrogens is 236 g/mol. The summed E-state index contributed by atoms with van der Waals surface area (Å²) in [5, 5.41) is 3.93. The minimum Gasteiger partial charge on any atom is -0.366 e. The van der Waals surface area contributed by atoms with Crippen LogP contribution in [0.2, 0.25) is 5.02 Å². The van der Waals surface area contributed by atoms with Crippen LogP contribution in [0.5, 0.6) is 0 Å². The molecule has 0 radical (unpaired) electrons. The first-order chi connectivity index (χ1) is 8.28. The molecule has 0 saturated carbocycles. The topological polar surface area (TPSA) is 63.0 Å². The Morgan fingerprint density at radius 1 is 1.12 bits per heavy atom. The van der Waals surface area contributed by atoms with Gasteiger partial charge in [0.05, 0.1) is 0 Å². The number of benzene rings is 1. The molecule has 4 N–H and O–H groups in total. The molecular formula is C12H13ClN4. The van der Waals surface area contributed by atoms with Gasteiger partial charge in [-0.15, -0.1) is 0 Å². The third-order valence-electron chi connectivity index (χ3n) is 2.26. The van der Waals surface area contributed by atoms with Crippen molar-refractivity contribution in [1.82, 2.24) is 4.98 Å². The third kappa shape index (κ3) is 3.34. The second-order valence-corrected chi connectivity index (χ2v) is 3.97. The molecule has 17 heavy (non-hydrogen) atoms. The number of hydrogen-bond acceptors (Lipinski definition) is 4. The zero-order chi connectivity index (χ0) is 12.1. The first-order valence-corrected chi connectivity index (χ1v) is 5.58. The highest BCUT2D eigenvalue weighted by molar-refractivity contribution is 6.30. The van der Waals surface area contributed by atoms with Crippen molar-refractivity contribution in [2.24, 2.45) is 5.84 Å². The van der Waals surface area contributed by atoms with E-state index in [0.29, 0.717) is 12.4 Å². The van der Waals surface area contributed by atoms with E-state index >= 15 is 0 Å². The Balaban J connectivity index is 2.02. The summed E-state index contributed by atoms with van der Waals surface area (Å²) in [6.45, 7) is 0.668. The SMILES string of the molecule is NNc1cccc(NCc2cccc(Cl)c2)n1. The summed E-state index contributed by atoms with van der Waals surface area (Å²) < 4.78 is 0. The van der Waals surface area contributed by atoms with Gasteiger partial charge >= 0.3 is 0 Å². The molecule has 0 aliphatic rings. The van der Waals surface area contributed by atoms with Crippen molar-refractivity contribution in [1.29, 1.82) is 0 Å². The van der Waals surface area contributed by atoms with Crippen LogP contribution in [0.1, 0.15) is 5.56 Å². The van der Waals surface area contributed by atoms with Gasteiger partial charge in [-0.3, -0.25) is 0 Å². The molecule has 0 fully saturated rings. The first-order valence-electron chi connectivity index (χ1n) is 5.20. The number of nitrogens with zero attached hydrogens (tertiary/aromatic N) is 1. The second kappa shape index (κ2) is 5.52. The molecule has 1 aromatic carbocycles. The lowest BCUT2D eigenvalue weighted by Crippen LogP contribution is -2.09. The molecule has 1 aromatic heterocycles. The average Bonchev–Trinajstić information content (AvgIpc) is 2.37. The normalized spacial score (nSPS) is 10.0. The number of hydrazine groups is 1. The Hall–Kier alpha value is -1.78. The first kappa shape index (κ1) is 11.7. The zero-order valence-electron chi connectivity index (χ0n) is 9.15. The number of aromatic nitrogens is 1. The minimum atomic E-state index is 0.626. The smallest absolute Gasteiger partial charge is 0.142 e. The lowest BCUT2D eigenvalue weighted by Gasteiger charge is -2.07. The monoisotopic (exact) mass is 248 g/mol. The van der Waals surface area contributed by atoms with Crippen molar-refractivity contribution in [2.75, 3.05) is 10.7 Å². The van der Waals surface area contributed by atoms with Crippen molar-refractivity contribution >= 4 is 23.2 Å². The number of pyridine rings is 1. The van der Waals surface area contributed by atoms with Crippen molar-refractivity contribution < 1.29 is 0 Å². The molecule has 2 aromatic rings. The molecule has 2 rings (SSSR count). The molecule has 0 spiro atoms. The maximum Gasteiger partial charge on any atom is 0.142 e. The number of anilines is 2. The number of rotatable bonds is 4. The predicted molar refractivity (Wildman–Crippen MR) is 70.8 cm³/mol. The van der Waals surface area contributed by atoms with Gasteiger partial charge in [0.1, 0.15) is 11.6 Å². The van der Waals surface area contributed by atoms with Crippen LogP contribution in [0.15, 0.2) is 42.5 Å². The Morgan fingerprint density at radius 3 is 2.65 bits per heavy atom. The lowest BCUT2D eigenvalue weighted by molar-refractivity contribution is 1.10. The number of hydrogen-bond donors (Lipinski definition) is 3. The van der Waals surface area contributed by atoms with Gasteiger partial charge in [-0.05, 0) is 29.8 Å². The fraction of sp³-hybridized carbons (Fsp3) is 0.0833. The molecule has 5 heteroatoms. The number of nitrogens with two attached hydrogens (primary N) is 1. The summed E-state index contributed by atoms with van der Waals surface area (Å²) in [7, 11) is 0. The predicted octanol–water partition coefficient (Wildman–Crippen LogP) is 2.63. The van der Waals surface area contributed by atoms with E-state index in [0.717, 1.165) is 16.4 Å². The molecule has 88 valence electrons. The fourth-order valence-electron chi connectivity index (χ4n) is 1.45. The van der Waals surface area contributed by atoms with Crippen molar-refractivity contribution in [3.05, 3.63) is 53.1 Å². The molecule has 0 saturated heterocycles. The second-order valence-electron chi connectivity index (χ2n) is 3.54. The van der Waals surface area contributed by atoms with E-state index in [1.807, 2.05) is 36.4 Å². The summed E-state index contributed by atoms with van der Waals surface area (Å²) in [5.74, 6) is 6.68. The van der Waals surface area contributed by atoms with Gasteiger partial charge in [0.15, 0.2) is 0 Å². The Morgan fingerprint density at radius 2 is 1.88 bits per heavy atom. The minimum absolute atomic E-state index is 0.626. The third-order valence-corrected chi connectivity index (χ3v) is 2.49. The van der Waals surface area contributed by atoms with Crippen LogP contribution in [-0.4, -0.2) is 4.98 Å². The van der Waals surface area contributed by atoms with E-state index in [2.05, 4.69) is 15.7 Å². The van der Waals surface area contributed by atoms with E-state index in [1.54, 1.807) is 6.07 Å². The van der Waals surface area contributed by atoms with Crippen LogP contribution in [0.4, 0.5) is 11.6 Å². The van der Waals surface area contributed by atoms with Gasteiger partial charge in [-0.2, -0.15) is 0 Å². The standard InChI is InChI=1S/C12H13ClN4/c13-10-4-1-3-9(7-10)8-15-11-5-2-6-12(16-11)17-14/h1-7H,8,14H2,(H2,15,16,17). The van der Waals surface area contributed by atoms with E-state index < -0.39 is 0 Å². The van der Waals surface area contributed by atoms with Crippen LogP contribution in [0, 0.1) is 0 Å². The fourth-order valence-corrected chi connectivity index (χ4v) is 1.67. The van der Waals surface area contributed by atoms with Gasteiger partial charge in [0.25, 0.3) is 0 Å². The lowest BCUT2D eigenvalue weighted by atomic mass is 10.2. The number of nitrogen functional groups attached to an aromatic ring is 1. The van der Waals surface area contributed by atoms with Crippen molar-refractivity contribution in [3.8, 4) is 0 Å². The van der Waals surface area contributed by atoms with Crippen molar-refractivity contribution in [3.63, 3.8) is 0 Å². The molecule has 0 amide bonds. The van der Waals surface area contributed by atoms with Crippen LogP contribution in [0.3, 0.4) is 0 Å². The van der Waals surface area contributed by atoms with E-state index in [9.17, 15) is 0 Å². The van der Waals surface area contributed by atoms with Gasteiger partial charge in [0, 0.05) is 11.6 Å². The molecule has 0 unspecified atom stereocenters. The molecule has 0 bridgehead atoms. The highest BCUT2D eigenvalue weighted by atomic mass is 35.5. The molecule has 0 atom stereocenters. The quantitative estimate of drug-likeness (QED) is 0.575. The van der Waals surface area contributed by atoms with Crippen LogP contribution in [0.25, 0.3) is 0 Å². The molecule has 4 nitrogen and oxygen atoms in total. The number of halogens is 1. The van der Waals surface area contributed by atoms with Gasteiger partial charge in [-0.1, -0.05) is 29.8 Å².